The lowest BCUT2D eigenvalue weighted by molar-refractivity contribution is -0.227. The summed E-state index contributed by atoms with van der Waals surface area (Å²) in [4.78, 5) is 67.8. The van der Waals surface area contributed by atoms with Crippen molar-refractivity contribution in [2.45, 2.75) is 168 Å². The summed E-state index contributed by atoms with van der Waals surface area (Å²) in [7, 11) is 0. The molecule has 1 aromatic heterocycles. The van der Waals surface area contributed by atoms with Gasteiger partial charge in [-0.15, -0.1) is 16.3 Å². The van der Waals surface area contributed by atoms with Crippen molar-refractivity contribution >= 4 is 52.3 Å². The number of fused-ring (bicyclic) bond motifs is 10. The first kappa shape index (κ1) is 53.1. The Hall–Kier alpha value is -4.21. The Kier molecular flexibility index (Phi) is 14.4. The monoisotopic (exact) mass is 1010 g/mol. The molecule has 1 aliphatic heterocycles. The number of rotatable bonds is 6. The number of halogens is 2. The number of alkyl halides is 2. The molecule has 0 amide bonds. The second-order valence-electron chi connectivity index (χ2n) is 23.6. The fourth-order valence-electron chi connectivity index (χ4n) is 16.9. The molecule has 10 rings (SSSR count). The van der Waals surface area contributed by atoms with E-state index in [0.717, 1.165) is 64.5 Å². The van der Waals surface area contributed by atoms with Crippen LogP contribution in [-0.2, 0) is 28.7 Å². The third-order valence-corrected chi connectivity index (χ3v) is 20.5. The number of ketones is 4. The lowest BCUT2D eigenvalue weighted by Crippen LogP contribution is -2.70. The van der Waals surface area contributed by atoms with Crippen LogP contribution in [-0.4, -0.2) is 96.7 Å². The Morgan fingerprint density at radius 2 is 1.65 bits per heavy atom. The number of nitrogens with one attached hydrogen (secondary N) is 1. The van der Waals surface area contributed by atoms with Gasteiger partial charge >= 0.3 is 5.97 Å². The average molecular weight is 1010 g/mol. The van der Waals surface area contributed by atoms with Crippen LogP contribution in [0.15, 0.2) is 41.5 Å². The lowest BCUT2D eigenvalue weighted by Gasteiger charge is -2.62. The number of anilines is 2. The summed E-state index contributed by atoms with van der Waals surface area (Å²) in [5, 5.41) is 39.2. The fraction of sp³-hybridized carbons (Fsp3) is 0.727. The molecule has 8 aliphatic carbocycles. The van der Waals surface area contributed by atoms with Crippen molar-refractivity contribution in [1.29, 1.82) is 5.41 Å². The van der Waals surface area contributed by atoms with Crippen molar-refractivity contribution < 1.29 is 48.5 Å². The van der Waals surface area contributed by atoms with Gasteiger partial charge in [0.2, 0.25) is 0 Å². The second kappa shape index (κ2) is 19.2. The number of hydrogen-bond acceptors (Lipinski definition) is 13. The minimum absolute atomic E-state index is 0.0219. The van der Waals surface area contributed by atoms with E-state index in [9.17, 15) is 39.4 Å². The molecule has 1 saturated heterocycles. The highest BCUT2D eigenvalue weighted by atomic mass is 35.5. The van der Waals surface area contributed by atoms with Crippen molar-refractivity contribution in [3.63, 3.8) is 0 Å². The number of ether oxygens (including phenoxy) is 1. The first-order valence-corrected chi connectivity index (χ1v) is 26.8. The molecule has 2 heterocycles. The summed E-state index contributed by atoms with van der Waals surface area (Å²) in [5.41, 5.74) is 1.72. The maximum atomic E-state index is 17.2. The largest absolute Gasteiger partial charge is 0.450 e. The smallest absolute Gasteiger partial charge is 0.306 e. The van der Waals surface area contributed by atoms with Crippen LogP contribution in [0.25, 0.3) is 0 Å². The van der Waals surface area contributed by atoms with E-state index in [4.69, 9.17) is 27.5 Å². The number of nitrogens with zero attached hydrogens (tertiary/aromatic N) is 3. The predicted molar refractivity (Wildman–Crippen MR) is 266 cm³/mol. The van der Waals surface area contributed by atoms with Crippen LogP contribution < -0.4 is 16.3 Å². The molecule has 6 saturated carbocycles. The molecular weight excluding hydrogens is 929 g/mol. The van der Waals surface area contributed by atoms with Gasteiger partial charge in [-0.05, 0) is 150 Å². The number of allylic oxidation sites excluding steroid dienone is 5. The third kappa shape index (κ3) is 8.28. The molecule has 9 aliphatic rings. The molecule has 0 aromatic carbocycles. The van der Waals surface area contributed by atoms with E-state index < -0.39 is 40.1 Å². The highest BCUT2D eigenvalue weighted by molar-refractivity contribution is 6.29. The lowest BCUT2D eigenvalue weighted by atomic mass is 9.44. The van der Waals surface area contributed by atoms with Gasteiger partial charge in [-0.2, -0.15) is 4.98 Å². The molecule has 0 spiro atoms. The highest BCUT2D eigenvalue weighted by Gasteiger charge is 2.77. The quantitative estimate of drug-likeness (QED) is 0.104. The molecule has 1 aromatic rings. The zero-order valence-electron chi connectivity index (χ0n) is 42.8. The number of carbonyl (C=O) groups is 5. The van der Waals surface area contributed by atoms with Gasteiger partial charge in [0, 0.05) is 60.6 Å². The number of hydrogen-bond donors (Lipinski definition) is 5. The van der Waals surface area contributed by atoms with Gasteiger partial charge < -0.3 is 30.8 Å². The summed E-state index contributed by atoms with van der Waals surface area (Å²) >= 11 is 6.01. The van der Waals surface area contributed by atoms with E-state index in [1.807, 2.05) is 19.9 Å². The number of piperidine rings is 1. The molecule has 0 unspecified atom stereocenters. The Morgan fingerprint density at radius 3 is 2.30 bits per heavy atom. The van der Waals surface area contributed by atoms with Gasteiger partial charge in [-0.1, -0.05) is 51.8 Å². The van der Waals surface area contributed by atoms with Crippen molar-refractivity contribution in [2.75, 3.05) is 29.6 Å². The molecule has 7 fully saturated rings. The first-order chi connectivity index (χ1) is 33.4. The predicted octanol–water partition coefficient (Wildman–Crippen LogP) is 7.97. The van der Waals surface area contributed by atoms with E-state index >= 15 is 4.39 Å². The molecule has 0 radical (unpaired) electrons. The van der Waals surface area contributed by atoms with E-state index in [1.54, 1.807) is 32.9 Å². The summed E-state index contributed by atoms with van der Waals surface area (Å²) < 4.78 is 23.7. The average Bonchev–Trinajstić information content (AvgIpc) is 3.79. The van der Waals surface area contributed by atoms with E-state index in [2.05, 4.69) is 23.7 Å². The summed E-state index contributed by atoms with van der Waals surface area (Å²) in [5.74, 6) is 0.255. The van der Waals surface area contributed by atoms with Gasteiger partial charge in [0.15, 0.2) is 28.6 Å². The van der Waals surface area contributed by atoms with Gasteiger partial charge in [0.1, 0.15) is 17.4 Å². The Bertz CT molecular complexity index is 2490. The van der Waals surface area contributed by atoms with Crippen LogP contribution in [0.5, 0.6) is 0 Å². The van der Waals surface area contributed by atoms with E-state index in [1.165, 1.54) is 24.1 Å². The molecule has 6 N–H and O–H groups in total. The summed E-state index contributed by atoms with van der Waals surface area (Å²) in [6.45, 7) is 15.3. The minimum Gasteiger partial charge on any atom is -0.450 e. The summed E-state index contributed by atoms with van der Waals surface area (Å²) in [6.07, 6.45) is 16.2. The van der Waals surface area contributed by atoms with Crippen molar-refractivity contribution in [3.8, 4) is 0 Å². The van der Waals surface area contributed by atoms with Crippen LogP contribution in [0.2, 0.25) is 0 Å². The van der Waals surface area contributed by atoms with Crippen LogP contribution in [0.3, 0.4) is 0 Å². The Balaban J connectivity index is 0.000000152. The minimum atomic E-state index is -1.99. The van der Waals surface area contributed by atoms with E-state index in [-0.39, 0.29) is 88.1 Å². The number of Topliss-reactive ketones (excluding diaryl/α,β-unsaturated/α-hetero) is 2. The molecule has 71 heavy (non-hydrogen) atoms. The topological polar surface area (TPSA) is 226 Å². The molecule has 0 bridgehead atoms. The first-order valence-electron chi connectivity index (χ1n) is 26.3. The van der Waals surface area contributed by atoms with Crippen LogP contribution in [0.4, 0.5) is 16.0 Å². The molecule has 16 heteroatoms. The fourth-order valence-corrected chi connectivity index (χ4v) is 17.1. The molecule has 14 nitrogen and oxygen atoms in total. The number of carbonyl (C=O) groups excluding carboxylic acids is 5. The number of aliphatic hydroxyl groups excluding tert-OH is 2. The van der Waals surface area contributed by atoms with Crippen LogP contribution in [0, 0.1) is 68.5 Å². The molecule has 390 valence electrons. The number of aliphatic hydroxyl groups is 2. The Labute approximate surface area is 422 Å². The molecular formula is C55H77ClFN5O9. The van der Waals surface area contributed by atoms with Crippen molar-refractivity contribution in [1.82, 2.24) is 9.71 Å². The zero-order valence-corrected chi connectivity index (χ0v) is 43.5. The standard InChI is InChI=1S/C25H32ClFO5.C21H30O3.C9H15N5O/c1-5-21(31)32-25(20(30)13-26)14(2)10-18-17-7-6-15-11-16(28)8-9-22(15,3)24(17,27)19(29)12-23(18,25)4;1-12(22)16-6-7-17-15-5-4-13-10-14(23)8-9-20(13,2)19(15)18(24)11-21(16,17)3;10-7-6-8(12-9(11)14(7)15)13-4-2-1-3-5-13/h8-9,11,14,17-19,29H,5-7,10,12-13H2,1-4H3;10,15-19,24H,4-9,11H2,1-3H3;6,11,15H,1-5,10H2/t14-,17-,18-,19-,22-,23-,24-,25-;15-,16+,17-,18+,19+,20-,21+;/m00./s1. The molecule has 15 atom stereocenters. The maximum Gasteiger partial charge on any atom is 0.306 e. The Morgan fingerprint density at radius 1 is 0.958 bits per heavy atom. The van der Waals surface area contributed by atoms with Gasteiger partial charge in [-0.25, -0.2) is 4.39 Å². The number of aromatic nitrogens is 2. The van der Waals surface area contributed by atoms with Crippen molar-refractivity contribution in [3.05, 3.63) is 47.1 Å². The number of esters is 1. The highest BCUT2D eigenvalue weighted by Crippen LogP contribution is 2.72. The van der Waals surface area contributed by atoms with Crippen LogP contribution in [0.1, 0.15) is 145 Å². The normalized spacial score (nSPS) is 41.9. The number of nitrogens with two attached hydrogens (primary N) is 1. The van der Waals surface area contributed by atoms with Gasteiger partial charge in [0.05, 0.1) is 18.1 Å². The van der Waals surface area contributed by atoms with Crippen LogP contribution >= 0.6 is 11.6 Å². The second-order valence-corrected chi connectivity index (χ2v) is 23.9. The van der Waals surface area contributed by atoms with E-state index in [0.29, 0.717) is 59.4 Å². The zero-order chi connectivity index (χ0) is 51.8. The number of nitrogen functional groups attached to an aromatic ring is 1. The maximum absolute atomic E-state index is 17.2. The van der Waals surface area contributed by atoms with Crippen molar-refractivity contribution in [2.24, 2.45) is 63.1 Å². The van der Waals surface area contributed by atoms with Gasteiger partial charge in [0.25, 0.3) is 5.62 Å². The summed E-state index contributed by atoms with van der Waals surface area (Å²) in [6, 6.07) is 1.60. The van der Waals surface area contributed by atoms with Gasteiger partial charge in [-0.3, -0.25) is 29.4 Å². The third-order valence-electron chi connectivity index (χ3n) is 20.3. The SMILES string of the molecule is CC(=O)[C@H]1CC[C@H]2[C@@H]3CCC4=CC(=O)CC[C@]4(C)[C@H]3[C@H](O)C[C@]12C.CCC(=O)O[C@]1(C(=O)CCl)[C@@H](C)C[C@H]2[C@@H]3CCC4=CC(=O)C=C[C@]4(C)[C@@]3(F)[C@@H](O)C[C@@]21C.N=c1nc(N2CCCCC2)cc(N)n1O.